The fraction of sp³-hybridized carbons (Fsp3) is 0.731. The Balaban J connectivity index is 1.25. The number of methoxy groups -OCH3 is 1. The van der Waals surface area contributed by atoms with Crippen LogP contribution in [0.25, 0.3) is 0 Å². The molecule has 2 aliphatic heterocycles. The number of carbonyl (C=O) groups excluding carboxylic acids is 1. The van der Waals surface area contributed by atoms with Crippen molar-refractivity contribution in [3.8, 4) is 0 Å². The van der Waals surface area contributed by atoms with Crippen molar-refractivity contribution < 1.29 is 24.6 Å². The number of piperazine rings is 1. The molecule has 4 fully saturated rings. The third kappa shape index (κ3) is 4.01. The lowest BCUT2D eigenvalue weighted by Gasteiger charge is -2.62. The normalized spacial score (nSPS) is 39.7. The molecular formula is C26H38N3O6-. The van der Waals surface area contributed by atoms with Crippen molar-refractivity contribution in [2.24, 2.45) is 17.3 Å². The molecular weight excluding hydrogens is 450 g/mol. The number of ether oxygens (including phenoxy) is 2. The molecule has 0 unspecified atom stereocenters. The molecule has 2 N–H and O–H groups in total. The number of benzene rings is 1. The number of nitrogens with zero attached hydrogens (tertiary/aromatic N) is 3. The van der Waals surface area contributed by atoms with E-state index in [1.165, 1.54) is 0 Å². The summed E-state index contributed by atoms with van der Waals surface area (Å²) in [7, 11) is 1.69. The van der Waals surface area contributed by atoms with Gasteiger partial charge in [-0.1, -0.05) is 6.92 Å². The van der Waals surface area contributed by atoms with E-state index in [1.807, 2.05) is 19.1 Å². The molecule has 194 valence electrons. The molecule has 0 bridgehead atoms. The topological polar surface area (TPSA) is 109 Å². The van der Waals surface area contributed by atoms with Crippen LogP contribution in [0.3, 0.4) is 0 Å². The minimum Gasteiger partial charge on any atom is -0.733 e. The number of aliphatic hydroxyl groups is 1. The summed E-state index contributed by atoms with van der Waals surface area (Å²) >= 11 is 0. The van der Waals surface area contributed by atoms with Crippen molar-refractivity contribution in [1.29, 1.82) is 0 Å². The Hall–Kier alpha value is -1.91. The third-order valence-corrected chi connectivity index (χ3v) is 9.72. The monoisotopic (exact) mass is 488 g/mol. The van der Waals surface area contributed by atoms with Crippen molar-refractivity contribution in [1.82, 2.24) is 4.90 Å². The molecule has 9 heteroatoms. The quantitative estimate of drug-likeness (QED) is 0.478. The Labute approximate surface area is 207 Å². The molecule has 0 spiro atoms. The predicted molar refractivity (Wildman–Crippen MR) is 131 cm³/mol. The van der Waals surface area contributed by atoms with Crippen LogP contribution >= 0.6 is 0 Å². The van der Waals surface area contributed by atoms with E-state index >= 15 is 0 Å². The summed E-state index contributed by atoms with van der Waals surface area (Å²) in [5, 5.41) is 32.0. The van der Waals surface area contributed by atoms with E-state index in [2.05, 4.69) is 16.7 Å². The summed E-state index contributed by atoms with van der Waals surface area (Å²) in [5.74, 6) is -0.378. The van der Waals surface area contributed by atoms with Crippen LogP contribution in [0.15, 0.2) is 24.3 Å². The summed E-state index contributed by atoms with van der Waals surface area (Å²) in [4.78, 5) is 17.6. The maximum atomic E-state index is 13.0. The molecule has 35 heavy (non-hydrogen) atoms. The smallest absolute Gasteiger partial charge is 0.310 e. The van der Waals surface area contributed by atoms with Gasteiger partial charge in [-0.2, -0.15) is 0 Å². The molecule has 2 saturated carbocycles. The number of hydrogen-bond donors (Lipinski definition) is 2. The number of carbonyl (C=O) groups is 1. The Morgan fingerprint density at radius 3 is 2.46 bits per heavy atom. The number of esters is 1. The first-order chi connectivity index (χ1) is 16.6. The minimum absolute atomic E-state index is 0.00718. The zero-order chi connectivity index (χ0) is 25.0. The molecule has 6 atom stereocenters. The summed E-state index contributed by atoms with van der Waals surface area (Å²) in [6, 6.07) is 6.87. The summed E-state index contributed by atoms with van der Waals surface area (Å²) in [6.45, 7) is 8.04. The van der Waals surface area contributed by atoms with Crippen LogP contribution < -0.4 is 10.1 Å². The molecule has 4 aliphatic rings. The van der Waals surface area contributed by atoms with Gasteiger partial charge in [0.25, 0.3) is 0 Å². The van der Waals surface area contributed by atoms with Gasteiger partial charge in [-0.25, -0.2) is 0 Å². The molecule has 2 aliphatic carbocycles. The fourth-order valence-corrected chi connectivity index (χ4v) is 7.35. The number of fused-ring (bicyclic) bond motifs is 2. The first kappa shape index (κ1) is 24.8. The van der Waals surface area contributed by atoms with Gasteiger partial charge in [-0.05, 0) is 63.3 Å². The SMILES string of the molecule is CO[C@]1(C)CCC[C@]2(C)C[C@H]3OC(=O)[C@@H](CN4CCN(c5ccc(N([O-])O)cc5)CC4)[C@@H]3C[C@@]21O. The van der Waals surface area contributed by atoms with Crippen molar-refractivity contribution in [2.45, 2.75) is 63.3 Å². The highest BCUT2D eigenvalue weighted by Crippen LogP contribution is 2.61. The van der Waals surface area contributed by atoms with Gasteiger partial charge in [0, 0.05) is 56.9 Å². The molecule has 9 nitrogen and oxygen atoms in total. The fourth-order valence-electron chi connectivity index (χ4n) is 7.35. The van der Waals surface area contributed by atoms with Crippen LogP contribution in [0.2, 0.25) is 0 Å². The summed E-state index contributed by atoms with van der Waals surface area (Å²) < 4.78 is 11.8. The third-order valence-electron chi connectivity index (χ3n) is 9.72. The van der Waals surface area contributed by atoms with Gasteiger partial charge < -0.3 is 29.9 Å². The van der Waals surface area contributed by atoms with Crippen LogP contribution in [0.5, 0.6) is 0 Å². The Morgan fingerprint density at radius 2 is 1.83 bits per heavy atom. The van der Waals surface area contributed by atoms with Gasteiger partial charge >= 0.3 is 5.97 Å². The molecule has 1 aromatic carbocycles. The molecule has 0 radical (unpaired) electrons. The lowest BCUT2D eigenvalue weighted by molar-refractivity contribution is -0.270. The Bertz CT molecular complexity index is 936. The molecule has 5 rings (SSSR count). The van der Waals surface area contributed by atoms with Crippen LogP contribution in [0.4, 0.5) is 11.4 Å². The number of hydrogen-bond acceptors (Lipinski definition) is 9. The van der Waals surface area contributed by atoms with E-state index in [1.54, 1.807) is 19.2 Å². The molecule has 0 aromatic heterocycles. The van der Waals surface area contributed by atoms with Gasteiger partial charge in [0.1, 0.15) is 6.10 Å². The van der Waals surface area contributed by atoms with Gasteiger partial charge in [0.2, 0.25) is 0 Å². The van der Waals surface area contributed by atoms with Gasteiger partial charge in [-0.3, -0.25) is 14.9 Å². The summed E-state index contributed by atoms with van der Waals surface area (Å²) in [6.07, 6.45) is 3.82. The average molecular weight is 489 g/mol. The molecule has 2 saturated heterocycles. The second-order valence-corrected chi connectivity index (χ2v) is 11.4. The van der Waals surface area contributed by atoms with Crippen molar-refractivity contribution in [3.05, 3.63) is 29.5 Å². The van der Waals surface area contributed by atoms with E-state index in [4.69, 9.17) is 14.7 Å². The van der Waals surface area contributed by atoms with E-state index in [-0.39, 0.29) is 40.2 Å². The zero-order valence-corrected chi connectivity index (χ0v) is 21.0. The Kier molecular flexibility index (Phi) is 6.29. The number of anilines is 2. The lowest BCUT2D eigenvalue weighted by atomic mass is 9.49. The molecule has 1 aromatic rings. The average Bonchev–Trinajstić information content (AvgIpc) is 3.12. The van der Waals surface area contributed by atoms with E-state index in [0.29, 0.717) is 19.4 Å². The van der Waals surface area contributed by atoms with Gasteiger partial charge in [0.05, 0.1) is 22.8 Å². The number of rotatable bonds is 5. The largest absolute Gasteiger partial charge is 0.733 e. The van der Waals surface area contributed by atoms with E-state index in [0.717, 1.165) is 51.1 Å². The first-order valence-electron chi connectivity index (χ1n) is 12.8. The minimum atomic E-state index is -0.987. The second-order valence-electron chi connectivity index (χ2n) is 11.4. The van der Waals surface area contributed by atoms with Crippen molar-refractivity contribution in [3.63, 3.8) is 0 Å². The molecule has 2 heterocycles. The molecule has 0 amide bonds. The summed E-state index contributed by atoms with van der Waals surface area (Å²) in [5.41, 5.74) is -0.733. The standard InChI is InChI=1S/C26H38N3O6/c1-24-9-4-10-25(2,34-3)26(24,31)15-20-21(23(30)35-22(20)16-24)17-27-11-13-28(14-12-27)18-5-7-19(8-6-18)29(32)33/h5-8,20-22,31-32H,4,9-17H2,1-3H3/q-1/t20-,21-,22+,24+,25+,26+/m0/s1. The van der Waals surface area contributed by atoms with Crippen LogP contribution in [0, 0.1) is 22.5 Å². The predicted octanol–water partition coefficient (Wildman–Crippen LogP) is 2.78. The second kappa shape index (κ2) is 8.88. The maximum absolute atomic E-state index is 13.0. The Morgan fingerprint density at radius 1 is 1.14 bits per heavy atom. The highest BCUT2D eigenvalue weighted by atomic mass is 16.8. The van der Waals surface area contributed by atoms with E-state index in [9.17, 15) is 15.1 Å². The lowest BCUT2D eigenvalue weighted by Crippen LogP contribution is -2.69. The van der Waals surface area contributed by atoms with Crippen molar-refractivity contribution in [2.75, 3.05) is 50.0 Å². The first-order valence-corrected chi connectivity index (χ1v) is 12.8. The highest BCUT2D eigenvalue weighted by Gasteiger charge is 2.67. The van der Waals surface area contributed by atoms with Crippen LogP contribution in [-0.2, 0) is 14.3 Å². The highest BCUT2D eigenvalue weighted by molar-refractivity contribution is 5.75. The maximum Gasteiger partial charge on any atom is 0.310 e. The zero-order valence-electron chi connectivity index (χ0n) is 21.0. The van der Waals surface area contributed by atoms with Gasteiger partial charge in [-0.15, -0.1) is 0 Å². The van der Waals surface area contributed by atoms with Gasteiger partial charge in [0.15, 0.2) is 0 Å². The van der Waals surface area contributed by atoms with E-state index < -0.39 is 11.2 Å². The van der Waals surface area contributed by atoms with Crippen LogP contribution in [0.1, 0.15) is 46.0 Å². The van der Waals surface area contributed by atoms with Crippen LogP contribution in [-0.4, -0.2) is 78.3 Å². The van der Waals surface area contributed by atoms with Crippen molar-refractivity contribution >= 4 is 17.3 Å².